The molecule has 0 radical (unpaired) electrons. The summed E-state index contributed by atoms with van der Waals surface area (Å²) in [6.45, 7) is 0. The number of aliphatic hydroxyl groups is 1. The van der Waals surface area contributed by atoms with Crippen LogP contribution in [0.4, 0.5) is 0 Å². The Morgan fingerprint density at radius 3 is 2.65 bits per heavy atom. The molecule has 98 valence electrons. The van der Waals surface area contributed by atoms with Gasteiger partial charge >= 0.3 is 0 Å². The van der Waals surface area contributed by atoms with Crippen LogP contribution in [-0.4, -0.2) is 11.2 Å². The van der Waals surface area contributed by atoms with Crippen molar-refractivity contribution in [2.45, 2.75) is 83.2 Å². The van der Waals surface area contributed by atoms with E-state index in [0.717, 1.165) is 18.8 Å². The van der Waals surface area contributed by atoms with Gasteiger partial charge in [0, 0.05) is 0 Å². The van der Waals surface area contributed by atoms with Gasteiger partial charge in [-0.2, -0.15) is 0 Å². The lowest BCUT2D eigenvalue weighted by Crippen LogP contribution is -2.13. The van der Waals surface area contributed by atoms with Gasteiger partial charge in [-0.25, -0.2) is 0 Å². The van der Waals surface area contributed by atoms with E-state index in [1.54, 1.807) is 0 Å². The highest BCUT2D eigenvalue weighted by atomic mass is 16.3. The predicted octanol–water partition coefficient (Wildman–Crippen LogP) is 4.60. The maximum absolute atomic E-state index is 10.3. The molecule has 0 aromatic carbocycles. The third kappa shape index (κ3) is 4.46. The maximum Gasteiger partial charge on any atom is 0.0750 e. The summed E-state index contributed by atoms with van der Waals surface area (Å²) in [5.41, 5.74) is 1.35. The molecule has 1 N–H and O–H groups in total. The Morgan fingerprint density at radius 2 is 1.82 bits per heavy atom. The molecule has 1 atom stereocenters. The molecule has 0 aromatic rings. The zero-order valence-electron chi connectivity index (χ0n) is 11.2. The van der Waals surface area contributed by atoms with E-state index in [-0.39, 0.29) is 6.10 Å². The van der Waals surface area contributed by atoms with Gasteiger partial charge in [-0.05, 0) is 50.0 Å². The molecule has 0 spiro atoms. The van der Waals surface area contributed by atoms with Gasteiger partial charge in [-0.15, -0.1) is 0 Å². The van der Waals surface area contributed by atoms with Crippen LogP contribution in [0.1, 0.15) is 77.0 Å². The standard InChI is InChI=1S/C16H28O/c17-16(13-12-14-8-6-7-9-14)15-10-4-2-1-3-5-11-15/h10,14,16-17H,1-9,11-13H2. The Hall–Kier alpha value is -0.300. The first kappa shape index (κ1) is 13.1. The molecular formula is C16H28O. The van der Waals surface area contributed by atoms with Gasteiger partial charge in [0.2, 0.25) is 0 Å². The first-order valence-electron chi connectivity index (χ1n) is 7.73. The minimum atomic E-state index is -0.131. The molecule has 1 saturated carbocycles. The van der Waals surface area contributed by atoms with Crippen LogP contribution in [0.3, 0.4) is 0 Å². The first-order valence-corrected chi connectivity index (χ1v) is 7.73. The van der Waals surface area contributed by atoms with Crippen LogP contribution >= 0.6 is 0 Å². The number of rotatable bonds is 4. The van der Waals surface area contributed by atoms with Crippen molar-refractivity contribution in [1.82, 2.24) is 0 Å². The molecule has 0 bridgehead atoms. The summed E-state index contributed by atoms with van der Waals surface area (Å²) in [5.74, 6) is 0.916. The van der Waals surface area contributed by atoms with E-state index in [9.17, 15) is 5.11 Å². The fourth-order valence-electron chi connectivity index (χ4n) is 3.40. The van der Waals surface area contributed by atoms with E-state index in [2.05, 4.69) is 6.08 Å². The van der Waals surface area contributed by atoms with Crippen molar-refractivity contribution in [3.05, 3.63) is 11.6 Å². The Balaban J connectivity index is 1.74. The molecule has 2 aliphatic carbocycles. The second-order valence-corrected chi connectivity index (χ2v) is 5.98. The van der Waals surface area contributed by atoms with Gasteiger partial charge in [-0.3, -0.25) is 0 Å². The Bertz CT molecular complexity index is 238. The van der Waals surface area contributed by atoms with Crippen molar-refractivity contribution < 1.29 is 5.11 Å². The van der Waals surface area contributed by atoms with Gasteiger partial charge in [-0.1, -0.05) is 44.6 Å². The summed E-state index contributed by atoms with van der Waals surface area (Å²) in [5, 5.41) is 10.3. The third-order valence-corrected chi connectivity index (χ3v) is 4.58. The normalized spacial score (nSPS) is 25.1. The molecule has 0 amide bonds. The molecule has 0 aliphatic heterocycles. The molecule has 1 fully saturated rings. The molecule has 1 unspecified atom stereocenters. The van der Waals surface area contributed by atoms with Crippen LogP contribution in [0.15, 0.2) is 11.6 Å². The summed E-state index contributed by atoms with van der Waals surface area (Å²) in [6, 6.07) is 0. The number of allylic oxidation sites excluding steroid dienone is 1. The first-order chi connectivity index (χ1) is 8.36. The smallest absolute Gasteiger partial charge is 0.0750 e. The summed E-state index contributed by atoms with van der Waals surface area (Å²) in [7, 11) is 0. The van der Waals surface area contributed by atoms with Gasteiger partial charge in [0.05, 0.1) is 6.10 Å². The molecule has 2 rings (SSSR count). The molecule has 2 aliphatic rings. The average molecular weight is 236 g/mol. The minimum Gasteiger partial charge on any atom is -0.389 e. The Kier molecular flexibility index (Phi) is 5.57. The van der Waals surface area contributed by atoms with E-state index in [4.69, 9.17) is 0 Å². The van der Waals surface area contributed by atoms with Gasteiger partial charge < -0.3 is 5.11 Å². The van der Waals surface area contributed by atoms with Crippen LogP contribution in [0, 0.1) is 5.92 Å². The molecule has 17 heavy (non-hydrogen) atoms. The molecule has 1 heteroatoms. The second kappa shape index (κ2) is 7.20. The van der Waals surface area contributed by atoms with Gasteiger partial charge in [0.1, 0.15) is 0 Å². The van der Waals surface area contributed by atoms with Crippen molar-refractivity contribution >= 4 is 0 Å². The summed E-state index contributed by atoms with van der Waals surface area (Å²) >= 11 is 0. The topological polar surface area (TPSA) is 20.2 Å². The number of aliphatic hydroxyl groups excluding tert-OH is 1. The van der Waals surface area contributed by atoms with Crippen LogP contribution in [0.5, 0.6) is 0 Å². The molecule has 0 saturated heterocycles. The van der Waals surface area contributed by atoms with Crippen molar-refractivity contribution in [2.75, 3.05) is 0 Å². The monoisotopic (exact) mass is 236 g/mol. The van der Waals surface area contributed by atoms with E-state index in [1.807, 2.05) is 0 Å². The van der Waals surface area contributed by atoms with Crippen LogP contribution < -0.4 is 0 Å². The highest BCUT2D eigenvalue weighted by molar-refractivity contribution is 5.08. The second-order valence-electron chi connectivity index (χ2n) is 5.98. The van der Waals surface area contributed by atoms with Gasteiger partial charge in [0.15, 0.2) is 0 Å². The van der Waals surface area contributed by atoms with Crippen molar-refractivity contribution in [3.8, 4) is 0 Å². The number of hydrogen-bond donors (Lipinski definition) is 1. The summed E-state index contributed by atoms with van der Waals surface area (Å²) in [4.78, 5) is 0. The fraction of sp³-hybridized carbons (Fsp3) is 0.875. The largest absolute Gasteiger partial charge is 0.389 e. The van der Waals surface area contributed by atoms with E-state index >= 15 is 0 Å². The van der Waals surface area contributed by atoms with Gasteiger partial charge in [0.25, 0.3) is 0 Å². The fourth-order valence-corrected chi connectivity index (χ4v) is 3.40. The zero-order valence-corrected chi connectivity index (χ0v) is 11.2. The minimum absolute atomic E-state index is 0.131. The Morgan fingerprint density at radius 1 is 1.06 bits per heavy atom. The summed E-state index contributed by atoms with van der Waals surface area (Å²) in [6.07, 6.45) is 17.8. The SMILES string of the molecule is OC(CCC1CCCC1)C1=CCCCCCC1. The Labute approximate surface area is 106 Å². The highest BCUT2D eigenvalue weighted by Gasteiger charge is 2.18. The zero-order chi connectivity index (χ0) is 11.9. The van der Waals surface area contributed by atoms with Crippen LogP contribution in [-0.2, 0) is 0 Å². The lowest BCUT2D eigenvalue weighted by Gasteiger charge is -2.19. The molecule has 0 aromatic heterocycles. The van der Waals surface area contributed by atoms with Crippen LogP contribution in [0.2, 0.25) is 0 Å². The number of hydrogen-bond acceptors (Lipinski definition) is 1. The van der Waals surface area contributed by atoms with Crippen molar-refractivity contribution in [2.24, 2.45) is 5.92 Å². The van der Waals surface area contributed by atoms with E-state index < -0.39 is 0 Å². The molecular weight excluding hydrogens is 208 g/mol. The third-order valence-electron chi connectivity index (χ3n) is 4.58. The van der Waals surface area contributed by atoms with E-state index in [1.165, 1.54) is 69.8 Å². The lowest BCUT2D eigenvalue weighted by molar-refractivity contribution is 0.183. The molecule has 1 nitrogen and oxygen atoms in total. The van der Waals surface area contributed by atoms with Crippen molar-refractivity contribution in [1.29, 1.82) is 0 Å². The molecule has 0 heterocycles. The highest BCUT2D eigenvalue weighted by Crippen LogP contribution is 2.30. The maximum atomic E-state index is 10.3. The quantitative estimate of drug-likeness (QED) is 0.707. The summed E-state index contributed by atoms with van der Waals surface area (Å²) < 4.78 is 0. The lowest BCUT2D eigenvalue weighted by atomic mass is 9.91. The van der Waals surface area contributed by atoms with Crippen LogP contribution in [0.25, 0.3) is 0 Å². The predicted molar refractivity (Wildman–Crippen MR) is 73.0 cm³/mol. The van der Waals surface area contributed by atoms with E-state index in [0.29, 0.717) is 0 Å². The van der Waals surface area contributed by atoms with Crippen molar-refractivity contribution in [3.63, 3.8) is 0 Å². The average Bonchev–Trinajstić information content (AvgIpc) is 2.78.